The van der Waals surface area contributed by atoms with Gasteiger partial charge in [-0.1, -0.05) is 0 Å². The number of hydrogen-bond acceptors (Lipinski definition) is 6. The number of nitrogens with zero attached hydrogens (tertiary/aromatic N) is 2. The van der Waals surface area contributed by atoms with E-state index in [-0.39, 0.29) is 12.2 Å². The molecule has 2 heterocycles. The summed E-state index contributed by atoms with van der Waals surface area (Å²) >= 11 is 1.17. The predicted octanol–water partition coefficient (Wildman–Crippen LogP) is 1.11. The summed E-state index contributed by atoms with van der Waals surface area (Å²) in [4.78, 5) is 29.0. The smallest absolute Gasteiger partial charge is 0.348 e. The van der Waals surface area contributed by atoms with Gasteiger partial charge >= 0.3 is 5.97 Å². The van der Waals surface area contributed by atoms with E-state index in [0.29, 0.717) is 27.3 Å². The Hall–Kier alpha value is -1.73. The van der Waals surface area contributed by atoms with Crippen LogP contribution >= 0.6 is 11.3 Å². The number of aromatic nitrogens is 2. The van der Waals surface area contributed by atoms with Gasteiger partial charge in [-0.3, -0.25) is 4.79 Å². The van der Waals surface area contributed by atoms with Gasteiger partial charge in [-0.15, -0.1) is 11.3 Å². The molecule has 0 unspecified atom stereocenters. The Morgan fingerprint density at radius 3 is 2.89 bits per heavy atom. The Bertz CT molecular complexity index is 674. The predicted molar refractivity (Wildman–Crippen MR) is 71.8 cm³/mol. The first-order valence-electron chi connectivity index (χ1n) is 5.67. The second kappa shape index (κ2) is 5.50. The van der Waals surface area contributed by atoms with Crippen molar-refractivity contribution in [3.63, 3.8) is 0 Å². The highest BCUT2D eigenvalue weighted by Gasteiger charge is 2.19. The highest BCUT2D eigenvalue weighted by atomic mass is 32.1. The minimum Gasteiger partial charge on any atom is -0.459 e. The van der Waals surface area contributed by atoms with Crippen molar-refractivity contribution in [1.82, 2.24) is 9.55 Å². The van der Waals surface area contributed by atoms with Gasteiger partial charge in [0.1, 0.15) is 16.3 Å². The van der Waals surface area contributed by atoms with Gasteiger partial charge < -0.3 is 14.0 Å². The van der Waals surface area contributed by atoms with Crippen molar-refractivity contribution in [1.29, 1.82) is 0 Å². The molecule has 2 aromatic rings. The molecular weight excluding hydrogens is 268 g/mol. The summed E-state index contributed by atoms with van der Waals surface area (Å²) in [5.41, 5.74) is 0.464. The topological polar surface area (TPSA) is 70.4 Å². The van der Waals surface area contributed by atoms with E-state index in [9.17, 15) is 9.59 Å². The Labute approximate surface area is 113 Å². The molecule has 0 aromatic carbocycles. The van der Waals surface area contributed by atoms with Crippen LogP contribution in [0.15, 0.2) is 11.1 Å². The van der Waals surface area contributed by atoms with Crippen molar-refractivity contribution in [2.24, 2.45) is 7.05 Å². The van der Waals surface area contributed by atoms with Crippen LogP contribution in [-0.2, 0) is 16.5 Å². The highest BCUT2D eigenvalue weighted by Crippen LogP contribution is 2.27. The maximum absolute atomic E-state index is 12.0. The van der Waals surface area contributed by atoms with Crippen LogP contribution < -0.4 is 5.56 Å². The van der Waals surface area contributed by atoms with Crippen molar-refractivity contribution in [3.8, 4) is 0 Å². The van der Waals surface area contributed by atoms with Crippen LogP contribution in [0.1, 0.15) is 15.2 Å². The average Bonchev–Trinajstić information content (AvgIpc) is 2.72. The van der Waals surface area contributed by atoms with E-state index in [1.54, 1.807) is 14.0 Å². The van der Waals surface area contributed by atoms with Crippen LogP contribution in [0.2, 0.25) is 0 Å². The zero-order valence-corrected chi connectivity index (χ0v) is 11.7. The molecule has 0 N–H and O–H groups in total. The molecule has 19 heavy (non-hydrogen) atoms. The molecule has 0 aliphatic heterocycles. The molecule has 0 saturated carbocycles. The van der Waals surface area contributed by atoms with Gasteiger partial charge in [-0.05, 0) is 12.5 Å². The molecule has 0 aliphatic carbocycles. The zero-order valence-electron chi connectivity index (χ0n) is 10.9. The van der Waals surface area contributed by atoms with Gasteiger partial charge in [0.05, 0.1) is 18.3 Å². The molecule has 0 bridgehead atoms. The average molecular weight is 282 g/mol. The second-order valence-corrected chi connectivity index (χ2v) is 5.02. The molecule has 2 rings (SSSR count). The van der Waals surface area contributed by atoms with Crippen LogP contribution in [0.5, 0.6) is 0 Å². The maximum atomic E-state index is 12.0. The first-order valence-corrected chi connectivity index (χ1v) is 6.48. The van der Waals surface area contributed by atoms with Gasteiger partial charge in [0.2, 0.25) is 0 Å². The van der Waals surface area contributed by atoms with Crippen LogP contribution in [0.3, 0.4) is 0 Å². The number of thiophene rings is 1. The zero-order chi connectivity index (χ0) is 14.0. The number of carbonyl (C=O) groups is 1. The lowest BCUT2D eigenvalue weighted by molar-refractivity contribution is 0.0393. The first kappa shape index (κ1) is 13.7. The molecule has 7 heteroatoms. The summed E-state index contributed by atoms with van der Waals surface area (Å²) in [5.74, 6) is -0.445. The van der Waals surface area contributed by atoms with E-state index in [1.165, 1.54) is 29.3 Å². The van der Waals surface area contributed by atoms with Crippen molar-refractivity contribution in [3.05, 3.63) is 27.1 Å². The van der Waals surface area contributed by atoms with Crippen molar-refractivity contribution in [2.75, 3.05) is 20.3 Å². The Morgan fingerprint density at radius 1 is 1.47 bits per heavy atom. The largest absolute Gasteiger partial charge is 0.459 e. The lowest BCUT2D eigenvalue weighted by atomic mass is 10.2. The first-order chi connectivity index (χ1) is 9.06. The number of rotatable bonds is 4. The Balaban J connectivity index is 2.40. The van der Waals surface area contributed by atoms with Gasteiger partial charge in [0, 0.05) is 14.2 Å². The second-order valence-electron chi connectivity index (χ2n) is 4.03. The van der Waals surface area contributed by atoms with Gasteiger partial charge in [-0.25, -0.2) is 9.78 Å². The fourth-order valence-electron chi connectivity index (χ4n) is 1.69. The minimum absolute atomic E-state index is 0.158. The molecule has 0 spiro atoms. The molecule has 0 saturated heterocycles. The molecule has 6 nitrogen and oxygen atoms in total. The molecule has 0 atom stereocenters. The van der Waals surface area contributed by atoms with Crippen LogP contribution in [0.4, 0.5) is 0 Å². The van der Waals surface area contributed by atoms with Crippen LogP contribution in [-0.4, -0.2) is 35.8 Å². The third-order valence-electron chi connectivity index (χ3n) is 2.72. The summed E-state index contributed by atoms with van der Waals surface area (Å²) in [7, 11) is 3.16. The van der Waals surface area contributed by atoms with Crippen LogP contribution in [0, 0.1) is 6.92 Å². The number of fused-ring (bicyclic) bond motifs is 1. The third kappa shape index (κ3) is 2.52. The van der Waals surface area contributed by atoms with Gasteiger partial charge in [0.15, 0.2) is 0 Å². The molecule has 0 radical (unpaired) electrons. The lowest BCUT2D eigenvalue weighted by Crippen LogP contribution is -2.17. The van der Waals surface area contributed by atoms with E-state index in [1.807, 2.05) is 0 Å². The molecule has 2 aromatic heterocycles. The summed E-state index contributed by atoms with van der Waals surface area (Å²) < 4.78 is 11.3. The molecule has 0 fully saturated rings. The number of esters is 1. The van der Waals surface area contributed by atoms with E-state index >= 15 is 0 Å². The monoisotopic (exact) mass is 282 g/mol. The van der Waals surface area contributed by atoms with E-state index < -0.39 is 5.97 Å². The van der Waals surface area contributed by atoms with Crippen molar-refractivity contribution < 1.29 is 14.3 Å². The molecule has 0 aliphatic rings. The summed E-state index contributed by atoms with van der Waals surface area (Å²) in [6.45, 7) is 2.26. The Kier molecular flexibility index (Phi) is 3.96. The summed E-state index contributed by atoms with van der Waals surface area (Å²) in [5, 5.41) is 0.480. The van der Waals surface area contributed by atoms with E-state index in [0.717, 1.165) is 0 Å². The van der Waals surface area contributed by atoms with Crippen molar-refractivity contribution >= 4 is 27.5 Å². The summed E-state index contributed by atoms with van der Waals surface area (Å²) in [6, 6.07) is 0. The van der Waals surface area contributed by atoms with E-state index in [4.69, 9.17) is 9.47 Å². The molecule has 102 valence electrons. The standard InChI is InChI=1S/C12H14N2O4S/c1-7-8-10(13-6-14(2)11(8)15)19-9(7)12(16)18-5-4-17-3/h6H,4-5H2,1-3H3. The molecule has 0 amide bonds. The summed E-state index contributed by atoms with van der Waals surface area (Å²) in [6.07, 6.45) is 1.45. The van der Waals surface area contributed by atoms with Gasteiger partial charge in [0.25, 0.3) is 5.56 Å². The Morgan fingerprint density at radius 2 is 2.21 bits per heavy atom. The quantitative estimate of drug-likeness (QED) is 0.620. The number of carbonyl (C=O) groups excluding carboxylic acids is 1. The number of methoxy groups -OCH3 is 1. The highest BCUT2D eigenvalue weighted by molar-refractivity contribution is 7.20. The normalized spacial score (nSPS) is 10.9. The third-order valence-corrected chi connectivity index (χ3v) is 3.90. The number of aryl methyl sites for hydroxylation is 2. The van der Waals surface area contributed by atoms with E-state index in [2.05, 4.69) is 4.98 Å². The molecular formula is C12H14N2O4S. The fourth-order valence-corrected chi connectivity index (χ4v) is 2.72. The fraction of sp³-hybridized carbons (Fsp3) is 0.417. The van der Waals surface area contributed by atoms with Gasteiger partial charge in [-0.2, -0.15) is 0 Å². The minimum atomic E-state index is -0.445. The van der Waals surface area contributed by atoms with Crippen molar-refractivity contribution in [2.45, 2.75) is 6.92 Å². The SMILES string of the molecule is COCCOC(=O)c1sc2ncn(C)c(=O)c2c1C. The lowest BCUT2D eigenvalue weighted by Gasteiger charge is -2.02. The number of hydrogen-bond donors (Lipinski definition) is 0. The maximum Gasteiger partial charge on any atom is 0.348 e. The van der Waals surface area contributed by atoms with Crippen LogP contribution in [0.25, 0.3) is 10.2 Å². The number of ether oxygens (including phenoxy) is 2.